The summed E-state index contributed by atoms with van der Waals surface area (Å²) in [5, 5.41) is 12.0. The summed E-state index contributed by atoms with van der Waals surface area (Å²) in [7, 11) is 0. The third-order valence-corrected chi connectivity index (χ3v) is 3.67. The van der Waals surface area contributed by atoms with Gasteiger partial charge >= 0.3 is 5.97 Å². The molecule has 0 spiro atoms. The standard InChI is InChI=1S/C16H18N2O3/c1-2-12-4-3-5-14(10-12)17-11-15(19)18-8-6-13(7-9-18)16(20)21/h1,3-5,10,13,17H,6-9,11H2,(H,20,21). The molecule has 1 aliphatic rings. The molecule has 1 aliphatic heterocycles. The first-order valence-corrected chi connectivity index (χ1v) is 6.91. The summed E-state index contributed by atoms with van der Waals surface area (Å²) in [5.74, 6) is 1.42. The number of hydrogen-bond donors (Lipinski definition) is 2. The number of likely N-dealkylation sites (tertiary alicyclic amines) is 1. The van der Waals surface area contributed by atoms with E-state index in [0.717, 1.165) is 11.3 Å². The van der Waals surface area contributed by atoms with Crippen molar-refractivity contribution in [1.29, 1.82) is 0 Å². The van der Waals surface area contributed by atoms with Crippen molar-refractivity contribution < 1.29 is 14.7 Å². The highest BCUT2D eigenvalue weighted by Gasteiger charge is 2.26. The summed E-state index contributed by atoms with van der Waals surface area (Å²) in [6, 6.07) is 7.32. The van der Waals surface area contributed by atoms with Gasteiger partial charge in [0.25, 0.3) is 0 Å². The first-order chi connectivity index (χ1) is 10.1. The van der Waals surface area contributed by atoms with Crippen molar-refractivity contribution in [2.75, 3.05) is 25.0 Å². The summed E-state index contributed by atoms with van der Waals surface area (Å²) in [6.45, 7) is 1.19. The SMILES string of the molecule is C#Cc1cccc(NCC(=O)N2CCC(C(=O)O)CC2)c1. The normalized spacial score (nSPS) is 15.3. The van der Waals surface area contributed by atoms with Gasteiger partial charge < -0.3 is 15.3 Å². The van der Waals surface area contributed by atoms with Crippen molar-refractivity contribution in [1.82, 2.24) is 4.90 Å². The predicted octanol–water partition coefficient (Wildman–Crippen LogP) is 1.40. The number of anilines is 1. The Morgan fingerprint density at radius 1 is 1.38 bits per heavy atom. The van der Waals surface area contributed by atoms with E-state index in [1.165, 1.54) is 0 Å². The second kappa shape index (κ2) is 6.80. The molecule has 0 aliphatic carbocycles. The zero-order chi connectivity index (χ0) is 15.2. The number of nitrogens with zero attached hydrogens (tertiary/aromatic N) is 1. The van der Waals surface area contributed by atoms with Crippen molar-refractivity contribution in [2.45, 2.75) is 12.8 Å². The van der Waals surface area contributed by atoms with Crippen LogP contribution in [0.4, 0.5) is 5.69 Å². The fraction of sp³-hybridized carbons (Fsp3) is 0.375. The van der Waals surface area contributed by atoms with Crippen LogP contribution in [0.15, 0.2) is 24.3 Å². The number of carboxylic acids is 1. The Labute approximate surface area is 124 Å². The Balaban J connectivity index is 1.83. The smallest absolute Gasteiger partial charge is 0.306 e. The maximum atomic E-state index is 12.1. The minimum absolute atomic E-state index is 0.0232. The summed E-state index contributed by atoms with van der Waals surface area (Å²) in [6.07, 6.45) is 6.37. The van der Waals surface area contributed by atoms with Gasteiger partial charge in [-0.2, -0.15) is 0 Å². The molecule has 0 saturated carbocycles. The van der Waals surface area contributed by atoms with Gasteiger partial charge in [0, 0.05) is 24.3 Å². The molecule has 0 bridgehead atoms. The number of hydrogen-bond acceptors (Lipinski definition) is 3. The van der Waals surface area contributed by atoms with E-state index in [-0.39, 0.29) is 18.4 Å². The first kappa shape index (κ1) is 14.9. The lowest BCUT2D eigenvalue weighted by molar-refractivity contribution is -0.145. The van der Waals surface area contributed by atoms with Crippen LogP contribution in [-0.4, -0.2) is 41.5 Å². The average Bonchev–Trinajstić information content (AvgIpc) is 2.53. The van der Waals surface area contributed by atoms with Crippen LogP contribution in [0.1, 0.15) is 18.4 Å². The third-order valence-electron chi connectivity index (χ3n) is 3.67. The van der Waals surface area contributed by atoms with Crippen molar-refractivity contribution >= 4 is 17.6 Å². The molecule has 1 saturated heterocycles. The van der Waals surface area contributed by atoms with E-state index in [1.54, 1.807) is 4.90 Å². The highest BCUT2D eigenvalue weighted by atomic mass is 16.4. The number of terminal acetylenes is 1. The number of carboxylic acid groups (broad SMARTS) is 1. The Hall–Kier alpha value is -2.48. The van der Waals surface area contributed by atoms with E-state index in [1.807, 2.05) is 24.3 Å². The van der Waals surface area contributed by atoms with Gasteiger partial charge in [-0.25, -0.2) is 0 Å². The molecular weight excluding hydrogens is 268 g/mol. The second-order valence-electron chi connectivity index (χ2n) is 5.07. The van der Waals surface area contributed by atoms with E-state index >= 15 is 0 Å². The van der Waals surface area contributed by atoms with Crippen molar-refractivity contribution in [3.8, 4) is 12.3 Å². The monoisotopic (exact) mass is 286 g/mol. The number of carbonyl (C=O) groups is 2. The molecular formula is C16H18N2O3. The lowest BCUT2D eigenvalue weighted by Crippen LogP contribution is -2.42. The molecule has 0 atom stereocenters. The Bertz CT molecular complexity index is 569. The molecule has 2 rings (SSSR count). The highest BCUT2D eigenvalue weighted by Crippen LogP contribution is 2.17. The minimum atomic E-state index is -0.772. The maximum absolute atomic E-state index is 12.1. The average molecular weight is 286 g/mol. The van der Waals surface area contributed by atoms with Gasteiger partial charge in [-0.3, -0.25) is 9.59 Å². The van der Waals surface area contributed by atoms with E-state index < -0.39 is 5.97 Å². The zero-order valence-electron chi connectivity index (χ0n) is 11.7. The molecule has 0 aromatic heterocycles. The van der Waals surface area contributed by atoms with E-state index in [4.69, 9.17) is 11.5 Å². The van der Waals surface area contributed by atoms with E-state index in [2.05, 4.69) is 11.2 Å². The summed E-state index contributed by atoms with van der Waals surface area (Å²) in [4.78, 5) is 24.7. The van der Waals surface area contributed by atoms with Crippen molar-refractivity contribution in [3.05, 3.63) is 29.8 Å². The minimum Gasteiger partial charge on any atom is -0.481 e. The molecule has 5 heteroatoms. The first-order valence-electron chi connectivity index (χ1n) is 6.91. The third kappa shape index (κ3) is 3.99. The highest BCUT2D eigenvalue weighted by molar-refractivity contribution is 5.81. The fourth-order valence-corrected chi connectivity index (χ4v) is 2.38. The quantitative estimate of drug-likeness (QED) is 0.821. The molecule has 1 fully saturated rings. The molecule has 0 radical (unpaired) electrons. The predicted molar refractivity (Wildman–Crippen MR) is 79.8 cm³/mol. The van der Waals surface area contributed by atoms with Crippen LogP contribution in [0.3, 0.4) is 0 Å². The molecule has 1 amide bonds. The number of nitrogens with one attached hydrogen (secondary N) is 1. The van der Waals surface area contributed by atoms with Gasteiger partial charge in [-0.05, 0) is 31.0 Å². The van der Waals surface area contributed by atoms with Gasteiger partial charge in [-0.15, -0.1) is 6.42 Å². The molecule has 21 heavy (non-hydrogen) atoms. The van der Waals surface area contributed by atoms with Crippen molar-refractivity contribution in [2.24, 2.45) is 5.92 Å². The molecule has 2 N–H and O–H groups in total. The number of aliphatic carboxylic acids is 1. The van der Waals surface area contributed by atoms with Gasteiger partial charge in [0.1, 0.15) is 0 Å². The largest absolute Gasteiger partial charge is 0.481 e. The topological polar surface area (TPSA) is 69.6 Å². The van der Waals surface area contributed by atoms with Gasteiger partial charge in [-0.1, -0.05) is 12.0 Å². The molecule has 0 unspecified atom stereocenters. The van der Waals surface area contributed by atoms with Gasteiger partial charge in [0.05, 0.1) is 12.5 Å². The lowest BCUT2D eigenvalue weighted by atomic mass is 9.97. The molecule has 1 heterocycles. The molecule has 110 valence electrons. The van der Waals surface area contributed by atoms with Crippen LogP contribution in [0.5, 0.6) is 0 Å². The van der Waals surface area contributed by atoms with Crippen LogP contribution < -0.4 is 5.32 Å². The van der Waals surface area contributed by atoms with Crippen LogP contribution in [0, 0.1) is 18.3 Å². The van der Waals surface area contributed by atoms with Crippen LogP contribution in [0.2, 0.25) is 0 Å². The number of rotatable bonds is 4. The number of amides is 1. The van der Waals surface area contributed by atoms with Gasteiger partial charge in [0.2, 0.25) is 5.91 Å². The van der Waals surface area contributed by atoms with E-state index in [0.29, 0.717) is 25.9 Å². The Morgan fingerprint density at radius 3 is 2.71 bits per heavy atom. The fourth-order valence-electron chi connectivity index (χ4n) is 2.38. The molecule has 1 aromatic rings. The van der Waals surface area contributed by atoms with Crippen LogP contribution in [0.25, 0.3) is 0 Å². The molecule has 1 aromatic carbocycles. The van der Waals surface area contributed by atoms with Crippen molar-refractivity contribution in [3.63, 3.8) is 0 Å². The van der Waals surface area contributed by atoms with Crippen LogP contribution >= 0.6 is 0 Å². The number of piperidine rings is 1. The number of benzene rings is 1. The summed E-state index contributed by atoms with van der Waals surface area (Å²) >= 11 is 0. The van der Waals surface area contributed by atoms with Crippen LogP contribution in [-0.2, 0) is 9.59 Å². The zero-order valence-corrected chi connectivity index (χ0v) is 11.7. The lowest BCUT2D eigenvalue weighted by Gasteiger charge is -2.30. The van der Waals surface area contributed by atoms with E-state index in [9.17, 15) is 9.59 Å². The number of carbonyl (C=O) groups excluding carboxylic acids is 1. The summed E-state index contributed by atoms with van der Waals surface area (Å²) < 4.78 is 0. The maximum Gasteiger partial charge on any atom is 0.306 e. The van der Waals surface area contributed by atoms with Gasteiger partial charge in [0.15, 0.2) is 0 Å². The molecule has 5 nitrogen and oxygen atoms in total. The Morgan fingerprint density at radius 2 is 2.10 bits per heavy atom. The second-order valence-corrected chi connectivity index (χ2v) is 5.07. The summed E-state index contributed by atoms with van der Waals surface area (Å²) in [5.41, 5.74) is 1.56. The Kier molecular flexibility index (Phi) is 4.83.